The smallest absolute Gasteiger partial charge is 0.309 e. The molecule has 1 aromatic rings. The van der Waals surface area contributed by atoms with Crippen LogP contribution >= 0.6 is 0 Å². The summed E-state index contributed by atoms with van der Waals surface area (Å²) in [5.41, 5.74) is 6.89. The maximum Gasteiger partial charge on any atom is 0.309 e. The molecule has 0 aromatic heterocycles. The second-order valence-electron chi connectivity index (χ2n) is 6.97. The molecule has 0 aliphatic rings. The summed E-state index contributed by atoms with van der Waals surface area (Å²) in [6, 6.07) is 9.28. The first-order valence-electron chi connectivity index (χ1n) is 7.06. The van der Waals surface area contributed by atoms with Gasteiger partial charge in [0.2, 0.25) is 0 Å². The van der Waals surface area contributed by atoms with Crippen molar-refractivity contribution in [3.8, 4) is 6.07 Å². The van der Waals surface area contributed by atoms with Crippen molar-refractivity contribution in [2.24, 2.45) is 16.6 Å². The van der Waals surface area contributed by atoms with Crippen LogP contribution in [-0.2, 0) is 11.2 Å². The summed E-state index contributed by atoms with van der Waals surface area (Å²) < 4.78 is 0. The Morgan fingerprint density at radius 2 is 1.81 bits per heavy atom. The van der Waals surface area contributed by atoms with Crippen molar-refractivity contribution < 1.29 is 9.90 Å². The predicted molar refractivity (Wildman–Crippen MR) is 82.7 cm³/mol. The Labute approximate surface area is 126 Å². The fourth-order valence-corrected chi connectivity index (χ4v) is 2.59. The molecule has 0 spiro atoms. The monoisotopic (exact) mass is 288 g/mol. The summed E-state index contributed by atoms with van der Waals surface area (Å²) in [6.45, 7) is 7.47. The lowest BCUT2D eigenvalue weighted by molar-refractivity contribution is -0.148. The van der Waals surface area contributed by atoms with E-state index in [0.717, 1.165) is 5.56 Å². The molecule has 0 aliphatic heterocycles. The van der Waals surface area contributed by atoms with Gasteiger partial charge >= 0.3 is 5.97 Å². The van der Waals surface area contributed by atoms with Gasteiger partial charge < -0.3 is 10.8 Å². The molecule has 0 unspecified atom stereocenters. The van der Waals surface area contributed by atoms with Crippen LogP contribution in [0.1, 0.15) is 45.2 Å². The van der Waals surface area contributed by atoms with E-state index in [9.17, 15) is 9.90 Å². The average Bonchev–Trinajstić information content (AvgIpc) is 2.38. The van der Waals surface area contributed by atoms with Gasteiger partial charge in [-0.25, -0.2) is 0 Å². The third-order valence-corrected chi connectivity index (χ3v) is 4.02. The number of rotatable bonds is 6. The van der Waals surface area contributed by atoms with Crippen molar-refractivity contribution in [1.29, 1.82) is 5.26 Å². The molecule has 21 heavy (non-hydrogen) atoms. The van der Waals surface area contributed by atoms with Crippen molar-refractivity contribution in [2.75, 3.05) is 0 Å². The molecule has 0 bridgehead atoms. The second-order valence-corrected chi connectivity index (χ2v) is 6.97. The molecule has 0 aliphatic carbocycles. The summed E-state index contributed by atoms with van der Waals surface area (Å²) in [7, 11) is 0. The zero-order valence-electron chi connectivity index (χ0n) is 13.2. The third kappa shape index (κ3) is 4.57. The van der Waals surface area contributed by atoms with Crippen LogP contribution in [0.5, 0.6) is 0 Å². The first-order valence-corrected chi connectivity index (χ1v) is 7.06. The topological polar surface area (TPSA) is 87.1 Å². The van der Waals surface area contributed by atoms with Crippen LogP contribution in [0.15, 0.2) is 24.3 Å². The number of benzene rings is 1. The number of carboxylic acids is 1. The van der Waals surface area contributed by atoms with Crippen LogP contribution < -0.4 is 5.73 Å². The Morgan fingerprint density at radius 3 is 2.24 bits per heavy atom. The lowest BCUT2D eigenvalue weighted by Crippen LogP contribution is -2.43. The first-order chi connectivity index (χ1) is 9.58. The van der Waals surface area contributed by atoms with Crippen LogP contribution in [0, 0.1) is 22.2 Å². The van der Waals surface area contributed by atoms with E-state index in [0.29, 0.717) is 18.4 Å². The Bertz CT molecular complexity index is 539. The van der Waals surface area contributed by atoms with Crippen molar-refractivity contribution in [3.63, 3.8) is 0 Å². The first kappa shape index (κ1) is 17.2. The maximum atomic E-state index is 11.3. The lowest BCUT2D eigenvalue weighted by atomic mass is 9.70. The molecule has 0 fully saturated rings. The minimum atomic E-state index is -0.804. The van der Waals surface area contributed by atoms with Crippen LogP contribution in [0.2, 0.25) is 0 Å². The van der Waals surface area contributed by atoms with Gasteiger partial charge in [-0.3, -0.25) is 4.79 Å². The number of nitrogens with zero attached hydrogens (tertiary/aromatic N) is 1. The Balaban J connectivity index is 2.78. The average molecular weight is 288 g/mol. The standard InChI is InChI=1S/C17H24N2O2/c1-16(2,11-17(3,4)15(20)21)14(19)9-12-5-7-13(10-18)8-6-12/h5-8,14H,9,11,19H2,1-4H3,(H,20,21)/t14-/m0/s1. The Kier molecular flexibility index (Phi) is 5.14. The van der Waals surface area contributed by atoms with Crippen molar-refractivity contribution in [2.45, 2.75) is 46.6 Å². The summed E-state index contributed by atoms with van der Waals surface area (Å²) in [4.78, 5) is 11.3. The van der Waals surface area contributed by atoms with Gasteiger partial charge in [0.05, 0.1) is 17.0 Å². The van der Waals surface area contributed by atoms with E-state index in [1.807, 2.05) is 26.0 Å². The van der Waals surface area contributed by atoms with Crippen LogP contribution in [-0.4, -0.2) is 17.1 Å². The van der Waals surface area contributed by atoms with Gasteiger partial charge in [-0.2, -0.15) is 5.26 Å². The maximum absolute atomic E-state index is 11.3. The Morgan fingerprint density at radius 1 is 1.29 bits per heavy atom. The van der Waals surface area contributed by atoms with Crippen LogP contribution in [0.25, 0.3) is 0 Å². The van der Waals surface area contributed by atoms with Gasteiger partial charge in [0.1, 0.15) is 0 Å². The molecule has 4 heteroatoms. The summed E-state index contributed by atoms with van der Waals surface area (Å²) in [5.74, 6) is -0.804. The number of hydrogen-bond acceptors (Lipinski definition) is 3. The number of hydrogen-bond donors (Lipinski definition) is 2. The second kappa shape index (κ2) is 6.28. The molecule has 0 heterocycles. The fraction of sp³-hybridized carbons (Fsp3) is 0.529. The van der Waals surface area contributed by atoms with Gasteiger partial charge in [0.15, 0.2) is 0 Å². The predicted octanol–water partition coefficient (Wildman–Crippen LogP) is 2.96. The summed E-state index contributed by atoms with van der Waals surface area (Å²) in [5, 5.41) is 18.1. The van der Waals surface area contributed by atoms with Gasteiger partial charge in [-0.15, -0.1) is 0 Å². The van der Waals surface area contributed by atoms with Gasteiger partial charge in [0.25, 0.3) is 0 Å². The molecular formula is C17H24N2O2. The molecule has 4 nitrogen and oxygen atoms in total. The van der Waals surface area contributed by atoms with Crippen molar-refractivity contribution in [1.82, 2.24) is 0 Å². The van der Waals surface area contributed by atoms with Gasteiger partial charge in [0, 0.05) is 6.04 Å². The zero-order chi connectivity index (χ0) is 16.3. The van der Waals surface area contributed by atoms with E-state index in [1.54, 1.807) is 26.0 Å². The normalized spacial score (nSPS) is 13.5. The van der Waals surface area contributed by atoms with E-state index < -0.39 is 11.4 Å². The van der Waals surface area contributed by atoms with Crippen molar-refractivity contribution in [3.05, 3.63) is 35.4 Å². The number of carboxylic acid groups (broad SMARTS) is 1. The van der Waals surface area contributed by atoms with Crippen LogP contribution in [0.3, 0.4) is 0 Å². The molecule has 0 radical (unpaired) electrons. The molecule has 1 atom stereocenters. The minimum absolute atomic E-state index is 0.149. The highest BCUT2D eigenvalue weighted by atomic mass is 16.4. The molecule has 3 N–H and O–H groups in total. The summed E-state index contributed by atoms with van der Waals surface area (Å²) >= 11 is 0. The molecule has 1 rings (SSSR count). The fourth-order valence-electron chi connectivity index (χ4n) is 2.59. The number of nitriles is 1. The Hall–Kier alpha value is -1.86. The van der Waals surface area contributed by atoms with Crippen molar-refractivity contribution >= 4 is 5.97 Å². The highest BCUT2D eigenvalue weighted by Crippen LogP contribution is 2.36. The highest BCUT2D eigenvalue weighted by Gasteiger charge is 2.37. The number of carbonyl (C=O) groups is 1. The summed E-state index contributed by atoms with van der Waals surface area (Å²) in [6.07, 6.45) is 1.17. The molecule has 1 aromatic carbocycles. The van der Waals surface area contributed by atoms with Gasteiger partial charge in [-0.1, -0.05) is 26.0 Å². The van der Waals surface area contributed by atoms with E-state index in [-0.39, 0.29) is 11.5 Å². The van der Waals surface area contributed by atoms with Crippen LogP contribution in [0.4, 0.5) is 0 Å². The molecule has 0 amide bonds. The van der Waals surface area contributed by atoms with E-state index >= 15 is 0 Å². The molecule has 0 saturated carbocycles. The van der Waals surface area contributed by atoms with E-state index in [2.05, 4.69) is 6.07 Å². The lowest BCUT2D eigenvalue weighted by Gasteiger charge is -2.37. The van der Waals surface area contributed by atoms with E-state index in [1.165, 1.54) is 0 Å². The quantitative estimate of drug-likeness (QED) is 0.842. The van der Waals surface area contributed by atoms with Gasteiger partial charge in [-0.05, 0) is 49.8 Å². The zero-order valence-corrected chi connectivity index (χ0v) is 13.2. The third-order valence-electron chi connectivity index (χ3n) is 4.02. The number of aliphatic carboxylic acids is 1. The number of nitrogens with two attached hydrogens (primary N) is 1. The minimum Gasteiger partial charge on any atom is -0.481 e. The SMILES string of the molecule is CC(C)(CC(C)(C)[C@@H](N)Cc1ccc(C#N)cc1)C(=O)O. The highest BCUT2D eigenvalue weighted by molar-refractivity contribution is 5.73. The largest absolute Gasteiger partial charge is 0.481 e. The molecular weight excluding hydrogens is 264 g/mol. The van der Waals surface area contributed by atoms with E-state index in [4.69, 9.17) is 11.0 Å². The molecule has 114 valence electrons. The molecule has 0 saturated heterocycles.